The number of nitrogens with one attached hydrogen (secondary N) is 1. The lowest BCUT2D eigenvalue weighted by Gasteiger charge is -2.31. The number of pyridine rings is 1. The van der Waals surface area contributed by atoms with E-state index in [1.807, 2.05) is 35.2 Å². The lowest BCUT2D eigenvalue weighted by atomic mass is 10.1. The van der Waals surface area contributed by atoms with Crippen LogP contribution in [0.4, 0.5) is 23.0 Å². The van der Waals surface area contributed by atoms with Crippen molar-refractivity contribution in [3.8, 4) is 22.9 Å². The van der Waals surface area contributed by atoms with Crippen molar-refractivity contribution in [3.63, 3.8) is 0 Å². The number of ether oxygens (including phenoxy) is 3. The number of hydrogen-bond acceptors (Lipinski definition) is 10. The minimum atomic E-state index is 0.0408. The molecule has 3 aromatic rings. The topological polar surface area (TPSA) is 122 Å². The number of rotatable bonds is 8. The fourth-order valence-corrected chi connectivity index (χ4v) is 5.90. The quantitative estimate of drug-likeness (QED) is 0.432. The third-order valence-electron chi connectivity index (χ3n) is 8.15. The maximum atomic E-state index is 12.5. The van der Waals surface area contributed by atoms with Gasteiger partial charge in [-0.05, 0) is 36.6 Å². The lowest BCUT2D eigenvalue weighted by molar-refractivity contribution is -0.118. The van der Waals surface area contributed by atoms with Gasteiger partial charge in [0.1, 0.15) is 18.9 Å². The van der Waals surface area contributed by atoms with Crippen LogP contribution in [0.25, 0.3) is 11.1 Å². The van der Waals surface area contributed by atoms with E-state index in [-0.39, 0.29) is 17.9 Å². The van der Waals surface area contributed by atoms with Gasteiger partial charge in [0.2, 0.25) is 29.5 Å². The molecule has 7 rings (SSSR count). The first-order valence-corrected chi connectivity index (χ1v) is 14.5. The summed E-state index contributed by atoms with van der Waals surface area (Å²) in [5, 5.41) is 3.23. The van der Waals surface area contributed by atoms with Crippen molar-refractivity contribution in [2.24, 2.45) is 0 Å². The van der Waals surface area contributed by atoms with Crippen molar-refractivity contribution in [2.75, 3.05) is 67.7 Å². The predicted molar refractivity (Wildman–Crippen MR) is 155 cm³/mol. The maximum absolute atomic E-state index is 12.5. The number of amides is 2. The number of carbonyl (C=O) groups is 2. The Morgan fingerprint density at radius 3 is 2.67 bits per heavy atom. The van der Waals surface area contributed by atoms with Gasteiger partial charge in [-0.3, -0.25) is 14.5 Å². The summed E-state index contributed by atoms with van der Waals surface area (Å²) in [5.74, 6) is 1.49. The van der Waals surface area contributed by atoms with Crippen LogP contribution in [0.15, 0.2) is 42.7 Å². The molecule has 12 nitrogen and oxygen atoms in total. The van der Waals surface area contributed by atoms with Crippen molar-refractivity contribution in [2.45, 2.75) is 31.7 Å². The van der Waals surface area contributed by atoms with Gasteiger partial charge in [-0.2, -0.15) is 4.98 Å². The largest absolute Gasteiger partial charge is 0.476 e. The Morgan fingerprint density at radius 1 is 1.00 bits per heavy atom. The van der Waals surface area contributed by atoms with Gasteiger partial charge in [0.05, 0.1) is 36.7 Å². The van der Waals surface area contributed by atoms with Gasteiger partial charge >= 0.3 is 0 Å². The van der Waals surface area contributed by atoms with Crippen LogP contribution in [0.5, 0.6) is 11.8 Å². The zero-order valence-corrected chi connectivity index (χ0v) is 23.3. The fourth-order valence-electron chi connectivity index (χ4n) is 5.90. The molecule has 2 aromatic heterocycles. The second kappa shape index (κ2) is 11.5. The van der Waals surface area contributed by atoms with Gasteiger partial charge in [-0.1, -0.05) is 12.1 Å². The van der Waals surface area contributed by atoms with Gasteiger partial charge in [0.15, 0.2) is 0 Å². The Balaban J connectivity index is 1.14. The van der Waals surface area contributed by atoms with E-state index in [2.05, 4.69) is 20.2 Å². The molecule has 4 aliphatic rings. The molecule has 0 saturated carbocycles. The number of benzene rings is 1. The first-order chi connectivity index (χ1) is 20.6. The summed E-state index contributed by atoms with van der Waals surface area (Å²) in [6.45, 7) is 5.62. The SMILES string of the molecule is O=C1CCCN1c1ccc(-c2cnc(Nc3cnc4c(c3)N3C(=O)CC[C@H]3CO4)nc2OCCN2CCOCC2)cc1. The molecule has 12 heteroatoms. The van der Waals surface area contributed by atoms with Gasteiger partial charge in [-0.15, -0.1) is 0 Å². The van der Waals surface area contributed by atoms with Crippen molar-refractivity contribution in [1.82, 2.24) is 19.9 Å². The van der Waals surface area contributed by atoms with E-state index in [0.717, 1.165) is 69.0 Å². The van der Waals surface area contributed by atoms with E-state index in [1.165, 1.54) is 0 Å². The summed E-state index contributed by atoms with van der Waals surface area (Å²) in [6, 6.07) is 9.74. The van der Waals surface area contributed by atoms with E-state index >= 15 is 0 Å². The summed E-state index contributed by atoms with van der Waals surface area (Å²) in [5.41, 5.74) is 3.84. The number of anilines is 4. The second-order valence-corrected chi connectivity index (χ2v) is 10.9. The van der Waals surface area contributed by atoms with Crippen molar-refractivity contribution in [1.29, 1.82) is 0 Å². The standard InChI is InChI=1S/C30H33N7O5/c38-26-2-1-9-36(26)22-5-3-20(4-6-22)24-18-32-30(34-28(24)41-15-12-35-10-13-40-14-11-35)33-21-16-25-29(31-17-21)42-19-23-7-8-27(39)37(23)25/h3-6,16-18,23H,1-2,7-15,19H2,(H,32,33,34)/t23-/m0/s1. The third kappa shape index (κ3) is 5.35. The number of nitrogens with zero attached hydrogens (tertiary/aromatic N) is 6. The minimum absolute atomic E-state index is 0.0408. The summed E-state index contributed by atoms with van der Waals surface area (Å²) in [4.78, 5) is 44.4. The normalized spacial score (nSPS) is 20.3. The minimum Gasteiger partial charge on any atom is -0.476 e. The Kier molecular flexibility index (Phi) is 7.30. The highest BCUT2D eigenvalue weighted by Gasteiger charge is 2.38. The molecule has 6 heterocycles. The van der Waals surface area contributed by atoms with Gasteiger partial charge in [0.25, 0.3) is 0 Å². The molecule has 218 valence electrons. The monoisotopic (exact) mass is 571 g/mol. The molecule has 0 spiro atoms. The molecule has 2 amide bonds. The van der Waals surface area contributed by atoms with Crippen molar-refractivity contribution >= 4 is 34.8 Å². The van der Waals surface area contributed by atoms with Crippen LogP contribution < -0.4 is 24.6 Å². The van der Waals surface area contributed by atoms with E-state index in [0.29, 0.717) is 55.1 Å². The Bertz CT molecular complexity index is 1480. The van der Waals surface area contributed by atoms with Gasteiger partial charge in [0, 0.05) is 50.9 Å². The number of carbonyl (C=O) groups excluding carboxylic acids is 2. The molecule has 1 N–H and O–H groups in total. The zero-order chi connectivity index (χ0) is 28.5. The number of hydrogen-bond donors (Lipinski definition) is 1. The molecule has 0 radical (unpaired) electrons. The first kappa shape index (κ1) is 26.6. The van der Waals surface area contributed by atoms with Crippen LogP contribution in [0.3, 0.4) is 0 Å². The van der Waals surface area contributed by atoms with Crippen LogP contribution in [0.2, 0.25) is 0 Å². The van der Waals surface area contributed by atoms with Crippen molar-refractivity contribution in [3.05, 3.63) is 42.7 Å². The van der Waals surface area contributed by atoms with E-state index < -0.39 is 0 Å². The molecule has 1 atom stereocenters. The number of morpholine rings is 1. The zero-order valence-electron chi connectivity index (χ0n) is 23.3. The average molecular weight is 572 g/mol. The Morgan fingerprint density at radius 2 is 1.86 bits per heavy atom. The van der Waals surface area contributed by atoms with E-state index in [9.17, 15) is 9.59 Å². The molecule has 0 bridgehead atoms. The van der Waals surface area contributed by atoms with Crippen molar-refractivity contribution < 1.29 is 23.8 Å². The summed E-state index contributed by atoms with van der Waals surface area (Å²) < 4.78 is 17.5. The van der Waals surface area contributed by atoms with Gasteiger partial charge < -0.3 is 29.3 Å². The maximum Gasteiger partial charge on any atom is 0.238 e. The van der Waals surface area contributed by atoms with Crippen LogP contribution in [-0.2, 0) is 14.3 Å². The van der Waals surface area contributed by atoms with Crippen LogP contribution in [0, 0.1) is 0 Å². The Hall–Kier alpha value is -4.29. The van der Waals surface area contributed by atoms with E-state index in [1.54, 1.807) is 17.3 Å². The fraction of sp³-hybridized carbons (Fsp3) is 0.433. The molecule has 3 saturated heterocycles. The molecule has 3 fully saturated rings. The molecular weight excluding hydrogens is 538 g/mol. The Labute approximate surface area is 243 Å². The molecule has 4 aliphatic heterocycles. The van der Waals surface area contributed by atoms with Crippen LogP contribution in [0.1, 0.15) is 25.7 Å². The molecule has 42 heavy (non-hydrogen) atoms. The highest BCUT2D eigenvalue weighted by molar-refractivity contribution is 5.98. The number of aromatic nitrogens is 3. The van der Waals surface area contributed by atoms with Gasteiger partial charge in [-0.25, -0.2) is 9.97 Å². The predicted octanol–water partition coefficient (Wildman–Crippen LogP) is 3.01. The highest BCUT2D eigenvalue weighted by atomic mass is 16.5. The molecule has 1 aromatic carbocycles. The summed E-state index contributed by atoms with van der Waals surface area (Å²) in [6.07, 6.45) is 6.15. The van der Waals surface area contributed by atoms with Crippen LogP contribution in [-0.4, -0.2) is 90.3 Å². The molecular formula is C30H33N7O5. The first-order valence-electron chi connectivity index (χ1n) is 14.5. The van der Waals surface area contributed by atoms with E-state index in [4.69, 9.17) is 19.2 Å². The highest BCUT2D eigenvalue weighted by Crippen LogP contribution is 2.39. The molecule has 0 aliphatic carbocycles. The number of fused-ring (bicyclic) bond motifs is 3. The third-order valence-corrected chi connectivity index (χ3v) is 8.15. The van der Waals surface area contributed by atoms with Crippen LogP contribution >= 0.6 is 0 Å². The average Bonchev–Trinajstić information content (AvgIpc) is 3.63. The second-order valence-electron chi connectivity index (χ2n) is 10.9. The summed E-state index contributed by atoms with van der Waals surface area (Å²) in [7, 11) is 0. The lowest BCUT2D eigenvalue weighted by Crippen LogP contribution is -2.40. The summed E-state index contributed by atoms with van der Waals surface area (Å²) >= 11 is 0. The molecule has 0 unspecified atom stereocenters. The smallest absolute Gasteiger partial charge is 0.238 e.